The number of rotatable bonds is 5. The minimum atomic E-state index is -0.378. The number of aryl methyl sites for hydroxylation is 1. The normalized spacial score (nSPS) is 10.8. The molecule has 0 unspecified atom stereocenters. The van der Waals surface area contributed by atoms with E-state index in [1.807, 2.05) is 13.0 Å². The van der Waals surface area contributed by atoms with E-state index < -0.39 is 0 Å². The monoisotopic (exact) mass is 370 g/mol. The number of carbonyl (C=O) groups excluding carboxylic acids is 1. The molecule has 0 aliphatic rings. The van der Waals surface area contributed by atoms with E-state index in [0.717, 1.165) is 5.76 Å². The lowest BCUT2D eigenvalue weighted by molar-refractivity contribution is -0.123. The van der Waals surface area contributed by atoms with Crippen molar-refractivity contribution in [2.24, 2.45) is 5.10 Å². The molecule has 0 saturated heterocycles. The van der Waals surface area contributed by atoms with Gasteiger partial charge in [-0.2, -0.15) is 5.10 Å². The van der Waals surface area contributed by atoms with E-state index in [-0.39, 0.29) is 12.5 Å². The lowest BCUT2D eigenvalue weighted by atomic mass is 10.3. The Labute approximate surface area is 135 Å². The summed E-state index contributed by atoms with van der Waals surface area (Å²) in [5.74, 6) is 1.49. The molecular formula is C14H12BrClN2O3. The highest BCUT2D eigenvalue weighted by atomic mass is 79.9. The molecule has 1 aromatic heterocycles. The summed E-state index contributed by atoms with van der Waals surface area (Å²) in [4.78, 5) is 11.6. The minimum Gasteiger partial charge on any atom is -0.483 e. The fraction of sp³-hybridized carbons (Fsp3) is 0.143. The van der Waals surface area contributed by atoms with E-state index in [0.29, 0.717) is 21.0 Å². The molecule has 0 radical (unpaired) electrons. The molecule has 0 fully saturated rings. The van der Waals surface area contributed by atoms with Crippen molar-refractivity contribution in [3.05, 3.63) is 51.3 Å². The second-order valence-corrected chi connectivity index (χ2v) is 5.40. The number of hydrogen-bond acceptors (Lipinski definition) is 4. The molecule has 1 N–H and O–H groups in total. The van der Waals surface area contributed by atoms with Crippen LogP contribution in [0.4, 0.5) is 0 Å². The third-order valence-electron chi connectivity index (χ3n) is 2.39. The zero-order valence-electron chi connectivity index (χ0n) is 11.1. The number of hydrogen-bond donors (Lipinski definition) is 1. The number of hydrazone groups is 1. The van der Waals surface area contributed by atoms with E-state index in [2.05, 4.69) is 26.5 Å². The molecule has 0 spiro atoms. The van der Waals surface area contributed by atoms with Crippen molar-refractivity contribution < 1.29 is 13.9 Å². The number of ether oxygens (including phenoxy) is 1. The highest BCUT2D eigenvalue weighted by molar-refractivity contribution is 9.10. The first-order valence-electron chi connectivity index (χ1n) is 6.01. The average Bonchev–Trinajstić information content (AvgIpc) is 2.83. The van der Waals surface area contributed by atoms with E-state index in [9.17, 15) is 4.79 Å². The zero-order chi connectivity index (χ0) is 15.2. The van der Waals surface area contributed by atoms with Gasteiger partial charge in [0.2, 0.25) is 0 Å². The molecule has 0 saturated carbocycles. The lowest BCUT2D eigenvalue weighted by Crippen LogP contribution is -2.24. The Morgan fingerprint density at radius 2 is 2.29 bits per heavy atom. The van der Waals surface area contributed by atoms with Crippen LogP contribution in [0.5, 0.6) is 5.75 Å². The Hall–Kier alpha value is -1.79. The van der Waals surface area contributed by atoms with Gasteiger partial charge >= 0.3 is 0 Å². The number of furan rings is 1. The van der Waals surface area contributed by atoms with E-state index in [1.165, 1.54) is 6.21 Å². The molecule has 0 bridgehead atoms. The van der Waals surface area contributed by atoms with Crippen molar-refractivity contribution in [1.82, 2.24) is 5.43 Å². The van der Waals surface area contributed by atoms with Gasteiger partial charge in [-0.1, -0.05) is 11.6 Å². The number of halogens is 2. The summed E-state index contributed by atoms with van der Waals surface area (Å²) < 4.78 is 11.3. The molecule has 2 aromatic rings. The molecule has 0 aliphatic heterocycles. The number of carbonyl (C=O) groups is 1. The van der Waals surface area contributed by atoms with Crippen LogP contribution < -0.4 is 10.2 Å². The van der Waals surface area contributed by atoms with Crippen molar-refractivity contribution in [3.8, 4) is 5.75 Å². The second-order valence-electron chi connectivity index (χ2n) is 4.11. The third kappa shape index (κ3) is 4.91. The maximum absolute atomic E-state index is 11.6. The average molecular weight is 372 g/mol. The van der Waals surface area contributed by atoms with Gasteiger partial charge in [0.1, 0.15) is 17.3 Å². The molecule has 110 valence electrons. The minimum absolute atomic E-state index is 0.158. The summed E-state index contributed by atoms with van der Waals surface area (Å²) in [6.45, 7) is 1.67. The van der Waals surface area contributed by atoms with Crippen molar-refractivity contribution in [2.45, 2.75) is 6.92 Å². The van der Waals surface area contributed by atoms with E-state index in [1.54, 1.807) is 24.3 Å². The van der Waals surface area contributed by atoms with Crippen LogP contribution in [0.25, 0.3) is 0 Å². The number of nitrogens with one attached hydrogen (secondary N) is 1. The van der Waals surface area contributed by atoms with Crippen LogP contribution in [0, 0.1) is 6.92 Å². The maximum atomic E-state index is 11.6. The predicted octanol–water partition coefficient (Wildman–Crippen LogP) is 3.53. The van der Waals surface area contributed by atoms with Gasteiger partial charge in [0, 0.05) is 5.02 Å². The van der Waals surface area contributed by atoms with Crippen molar-refractivity contribution >= 4 is 39.7 Å². The van der Waals surface area contributed by atoms with Crippen LogP contribution >= 0.6 is 27.5 Å². The first-order valence-corrected chi connectivity index (χ1v) is 7.18. The zero-order valence-corrected chi connectivity index (χ0v) is 13.4. The molecular weight excluding hydrogens is 360 g/mol. The standard InChI is InChI=1S/C14H12BrClN2O3/c1-9-2-4-11(21-9)7-17-18-14(19)8-20-13-5-3-10(16)6-12(13)15/h2-7H,8H2,1H3,(H,18,19)/b17-7+. The Kier molecular flexibility index (Phi) is 5.41. The Bertz CT molecular complexity index is 670. The molecule has 7 heteroatoms. The van der Waals surface area contributed by atoms with Crippen LogP contribution in [-0.2, 0) is 4.79 Å². The van der Waals surface area contributed by atoms with Gasteiger partial charge in [0.05, 0.1) is 10.7 Å². The molecule has 0 aliphatic carbocycles. The molecule has 2 rings (SSSR count). The van der Waals surface area contributed by atoms with Gasteiger partial charge in [-0.05, 0) is 53.2 Å². The van der Waals surface area contributed by atoms with Crippen LogP contribution in [0.15, 0.2) is 44.3 Å². The van der Waals surface area contributed by atoms with Gasteiger partial charge in [-0.25, -0.2) is 5.43 Å². The SMILES string of the molecule is Cc1ccc(/C=N/NC(=O)COc2ccc(Cl)cc2Br)o1. The fourth-order valence-electron chi connectivity index (χ4n) is 1.46. The summed E-state index contributed by atoms with van der Waals surface area (Å²) >= 11 is 9.11. The number of nitrogens with zero attached hydrogens (tertiary/aromatic N) is 1. The highest BCUT2D eigenvalue weighted by Crippen LogP contribution is 2.27. The Morgan fingerprint density at radius 1 is 1.48 bits per heavy atom. The maximum Gasteiger partial charge on any atom is 0.277 e. The van der Waals surface area contributed by atoms with Crippen LogP contribution in [-0.4, -0.2) is 18.7 Å². The van der Waals surface area contributed by atoms with Crippen LogP contribution in [0.1, 0.15) is 11.5 Å². The van der Waals surface area contributed by atoms with Gasteiger partial charge in [0.25, 0.3) is 5.91 Å². The summed E-state index contributed by atoms with van der Waals surface area (Å²) in [5, 5.41) is 4.35. The van der Waals surface area contributed by atoms with Crippen molar-refractivity contribution in [1.29, 1.82) is 0 Å². The smallest absolute Gasteiger partial charge is 0.277 e. The second kappa shape index (κ2) is 7.28. The van der Waals surface area contributed by atoms with E-state index >= 15 is 0 Å². The molecule has 1 heterocycles. The largest absolute Gasteiger partial charge is 0.483 e. The summed E-state index contributed by atoms with van der Waals surface area (Å²) in [6, 6.07) is 8.61. The van der Waals surface area contributed by atoms with Gasteiger partial charge in [-0.15, -0.1) is 0 Å². The van der Waals surface area contributed by atoms with Gasteiger partial charge in [-0.3, -0.25) is 4.79 Å². The third-order valence-corrected chi connectivity index (χ3v) is 3.25. The first kappa shape index (κ1) is 15.6. The van der Waals surface area contributed by atoms with Gasteiger partial charge < -0.3 is 9.15 Å². The summed E-state index contributed by atoms with van der Waals surface area (Å²) in [6.07, 6.45) is 1.42. The Balaban J connectivity index is 1.81. The lowest BCUT2D eigenvalue weighted by Gasteiger charge is -2.07. The predicted molar refractivity (Wildman–Crippen MR) is 83.8 cm³/mol. The quantitative estimate of drug-likeness (QED) is 0.646. The van der Waals surface area contributed by atoms with E-state index in [4.69, 9.17) is 20.8 Å². The molecule has 1 aromatic carbocycles. The molecule has 1 amide bonds. The Morgan fingerprint density at radius 3 is 2.95 bits per heavy atom. The summed E-state index contributed by atoms with van der Waals surface area (Å²) in [5.41, 5.74) is 2.35. The van der Waals surface area contributed by atoms with Crippen molar-refractivity contribution in [3.63, 3.8) is 0 Å². The molecule has 0 atom stereocenters. The fourth-order valence-corrected chi connectivity index (χ4v) is 2.26. The van der Waals surface area contributed by atoms with Crippen LogP contribution in [0.3, 0.4) is 0 Å². The summed E-state index contributed by atoms with van der Waals surface area (Å²) in [7, 11) is 0. The van der Waals surface area contributed by atoms with Crippen LogP contribution in [0.2, 0.25) is 5.02 Å². The number of amides is 1. The molecule has 5 nitrogen and oxygen atoms in total. The van der Waals surface area contributed by atoms with Crippen molar-refractivity contribution in [2.75, 3.05) is 6.61 Å². The highest BCUT2D eigenvalue weighted by Gasteiger charge is 2.05. The number of benzene rings is 1. The first-order chi connectivity index (χ1) is 10.0. The topological polar surface area (TPSA) is 63.8 Å². The molecule has 21 heavy (non-hydrogen) atoms. The van der Waals surface area contributed by atoms with Gasteiger partial charge in [0.15, 0.2) is 6.61 Å².